The molecule has 0 bridgehead atoms. The minimum absolute atomic E-state index is 0.676. The Morgan fingerprint density at radius 3 is 3.06 bits per heavy atom. The molecule has 86 valence electrons. The van der Waals surface area contributed by atoms with Crippen LogP contribution in [0.2, 0.25) is 5.15 Å². The Balaban J connectivity index is 1.74. The van der Waals surface area contributed by atoms with E-state index in [4.69, 9.17) is 11.6 Å². The van der Waals surface area contributed by atoms with Crippen LogP contribution in [-0.4, -0.2) is 16.1 Å². The second kappa shape index (κ2) is 5.48. The van der Waals surface area contributed by atoms with E-state index in [9.17, 15) is 0 Å². The maximum absolute atomic E-state index is 5.90. The van der Waals surface area contributed by atoms with Crippen molar-refractivity contribution in [2.24, 2.45) is 7.05 Å². The van der Waals surface area contributed by atoms with Gasteiger partial charge in [-0.25, -0.2) is 4.98 Å². The standard InChI is InChI=1S/C11H14ClN3S/c1-15-10(12)6-14-11(15)7-13-4-2-9-3-5-16-8-9/h3,5-6,8,13H,2,4,7H2,1H3. The molecule has 5 heteroatoms. The van der Waals surface area contributed by atoms with E-state index in [2.05, 4.69) is 27.1 Å². The number of thiophene rings is 1. The highest BCUT2D eigenvalue weighted by atomic mass is 35.5. The first-order chi connectivity index (χ1) is 7.77. The zero-order chi connectivity index (χ0) is 11.4. The first-order valence-corrected chi connectivity index (χ1v) is 6.47. The van der Waals surface area contributed by atoms with Gasteiger partial charge < -0.3 is 9.88 Å². The summed E-state index contributed by atoms with van der Waals surface area (Å²) in [5.41, 5.74) is 1.38. The molecule has 1 N–H and O–H groups in total. The maximum atomic E-state index is 5.90. The summed E-state index contributed by atoms with van der Waals surface area (Å²) in [6, 6.07) is 2.16. The molecule has 0 radical (unpaired) electrons. The number of imidazole rings is 1. The Morgan fingerprint density at radius 2 is 2.44 bits per heavy atom. The summed E-state index contributed by atoms with van der Waals surface area (Å²) in [7, 11) is 1.92. The number of rotatable bonds is 5. The van der Waals surface area contributed by atoms with Gasteiger partial charge in [0.1, 0.15) is 11.0 Å². The molecule has 0 unspecified atom stereocenters. The van der Waals surface area contributed by atoms with Crippen LogP contribution in [0.3, 0.4) is 0 Å². The lowest BCUT2D eigenvalue weighted by atomic mass is 10.2. The monoisotopic (exact) mass is 255 g/mol. The molecule has 0 aliphatic rings. The molecule has 2 aromatic rings. The van der Waals surface area contributed by atoms with E-state index < -0.39 is 0 Å². The van der Waals surface area contributed by atoms with E-state index >= 15 is 0 Å². The molecule has 0 aliphatic heterocycles. The van der Waals surface area contributed by atoms with Crippen molar-refractivity contribution in [3.05, 3.63) is 39.6 Å². The van der Waals surface area contributed by atoms with Crippen LogP contribution in [0.15, 0.2) is 23.0 Å². The number of hydrogen-bond donors (Lipinski definition) is 1. The van der Waals surface area contributed by atoms with Crippen molar-refractivity contribution < 1.29 is 0 Å². The van der Waals surface area contributed by atoms with E-state index in [-0.39, 0.29) is 0 Å². The van der Waals surface area contributed by atoms with Crippen molar-refractivity contribution in [2.45, 2.75) is 13.0 Å². The van der Waals surface area contributed by atoms with Crippen LogP contribution < -0.4 is 5.32 Å². The molecule has 0 spiro atoms. The minimum Gasteiger partial charge on any atom is -0.321 e. The highest BCUT2D eigenvalue weighted by Crippen LogP contribution is 2.09. The fourth-order valence-corrected chi connectivity index (χ4v) is 2.31. The first-order valence-electron chi connectivity index (χ1n) is 5.15. The molecule has 2 rings (SSSR count). The molecule has 0 fully saturated rings. The summed E-state index contributed by atoms with van der Waals surface area (Å²) >= 11 is 7.64. The molecular weight excluding hydrogens is 242 g/mol. The van der Waals surface area contributed by atoms with Gasteiger partial charge in [-0.05, 0) is 35.4 Å². The van der Waals surface area contributed by atoms with E-state index in [0.29, 0.717) is 5.15 Å². The fourth-order valence-electron chi connectivity index (χ4n) is 1.46. The number of hydrogen-bond acceptors (Lipinski definition) is 3. The van der Waals surface area contributed by atoms with Gasteiger partial charge in [0.05, 0.1) is 12.7 Å². The SMILES string of the molecule is Cn1c(Cl)cnc1CNCCc1ccsc1. The molecule has 0 aliphatic carbocycles. The van der Waals surface area contributed by atoms with Crippen LogP contribution in [0.25, 0.3) is 0 Å². The Bertz CT molecular complexity index is 436. The zero-order valence-electron chi connectivity index (χ0n) is 9.11. The third-order valence-electron chi connectivity index (χ3n) is 2.48. The van der Waals surface area contributed by atoms with Crippen LogP contribution in [0.5, 0.6) is 0 Å². The quantitative estimate of drug-likeness (QED) is 0.832. The van der Waals surface area contributed by atoms with Gasteiger partial charge in [0.2, 0.25) is 0 Å². The lowest BCUT2D eigenvalue weighted by Crippen LogP contribution is -2.18. The maximum Gasteiger partial charge on any atom is 0.128 e. The zero-order valence-corrected chi connectivity index (χ0v) is 10.7. The van der Waals surface area contributed by atoms with Crippen LogP contribution in [0.1, 0.15) is 11.4 Å². The van der Waals surface area contributed by atoms with Gasteiger partial charge in [0.15, 0.2) is 0 Å². The van der Waals surface area contributed by atoms with Crippen molar-refractivity contribution in [3.8, 4) is 0 Å². The van der Waals surface area contributed by atoms with Crippen LogP contribution in [-0.2, 0) is 20.0 Å². The number of aromatic nitrogens is 2. The second-order valence-corrected chi connectivity index (χ2v) is 4.78. The van der Waals surface area contributed by atoms with Gasteiger partial charge in [-0.1, -0.05) is 11.6 Å². The molecule has 0 saturated carbocycles. The predicted molar refractivity (Wildman–Crippen MR) is 67.9 cm³/mol. The third-order valence-corrected chi connectivity index (χ3v) is 3.56. The molecule has 2 heterocycles. The van der Waals surface area contributed by atoms with Gasteiger partial charge in [-0.15, -0.1) is 0 Å². The highest BCUT2D eigenvalue weighted by molar-refractivity contribution is 7.07. The van der Waals surface area contributed by atoms with E-state index in [1.165, 1.54) is 5.56 Å². The summed E-state index contributed by atoms with van der Waals surface area (Å²) < 4.78 is 1.89. The number of nitrogens with zero attached hydrogens (tertiary/aromatic N) is 2. The summed E-state index contributed by atoms with van der Waals surface area (Å²) in [6.45, 7) is 1.72. The Morgan fingerprint density at radius 1 is 1.56 bits per heavy atom. The van der Waals surface area contributed by atoms with E-state index in [1.54, 1.807) is 17.5 Å². The molecule has 2 aromatic heterocycles. The summed E-state index contributed by atoms with van der Waals surface area (Å²) in [5.74, 6) is 0.968. The summed E-state index contributed by atoms with van der Waals surface area (Å²) in [5, 5.41) is 8.32. The van der Waals surface area contributed by atoms with Gasteiger partial charge >= 0.3 is 0 Å². The molecule has 3 nitrogen and oxygen atoms in total. The topological polar surface area (TPSA) is 29.9 Å². The van der Waals surface area contributed by atoms with Crippen molar-refractivity contribution >= 4 is 22.9 Å². The van der Waals surface area contributed by atoms with Crippen LogP contribution >= 0.6 is 22.9 Å². The fraction of sp³-hybridized carbons (Fsp3) is 0.364. The first kappa shape index (κ1) is 11.6. The van der Waals surface area contributed by atoms with Crippen LogP contribution in [0, 0.1) is 0 Å². The van der Waals surface area contributed by atoms with Crippen molar-refractivity contribution in [1.29, 1.82) is 0 Å². The Kier molecular flexibility index (Phi) is 3.98. The number of halogens is 1. The van der Waals surface area contributed by atoms with Crippen LogP contribution in [0.4, 0.5) is 0 Å². The third kappa shape index (κ3) is 2.84. The number of nitrogens with one attached hydrogen (secondary N) is 1. The molecule has 0 amide bonds. The Labute approximate surface area is 104 Å². The normalized spacial score (nSPS) is 10.9. The van der Waals surface area contributed by atoms with Gasteiger partial charge in [-0.3, -0.25) is 0 Å². The largest absolute Gasteiger partial charge is 0.321 e. The Hall–Kier alpha value is -0.840. The lowest BCUT2D eigenvalue weighted by Gasteiger charge is -2.04. The molecular formula is C11H14ClN3S. The molecule has 16 heavy (non-hydrogen) atoms. The van der Waals surface area contributed by atoms with Crippen molar-refractivity contribution in [1.82, 2.24) is 14.9 Å². The summed E-state index contributed by atoms with van der Waals surface area (Å²) in [4.78, 5) is 4.22. The molecule has 0 aromatic carbocycles. The average molecular weight is 256 g/mol. The second-order valence-electron chi connectivity index (χ2n) is 3.61. The lowest BCUT2D eigenvalue weighted by molar-refractivity contribution is 0.638. The van der Waals surface area contributed by atoms with Gasteiger partial charge in [-0.2, -0.15) is 11.3 Å². The highest BCUT2D eigenvalue weighted by Gasteiger charge is 2.03. The predicted octanol–water partition coefficient (Wildman–Crippen LogP) is 2.47. The van der Waals surface area contributed by atoms with Crippen molar-refractivity contribution in [2.75, 3.05) is 6.54 Å². The molecule has 0 atom stereocenters. The van der Waals surface area contributed by atoms with Crippen molar-refractivity contribution in [3.63, 3.8) is 0 Å². The molecule has 0 saturated heterocycles. The average Bonchev–Trinajstić information content (AvgIpc) is 2.88. The smallest absolute Gasteiger partial charge is 0.128 e. The minimum atomic E-state index is 0.676. The van der Waals surface area contributed by atoms with E-state index in [0.717, 1.165) is 25.3 Å². The summed E-state index contributed by atoms with van der Waals surface area (Å²) in [6.07, 6.45) is 2.74. The van der Waals surface area contributed by atoms with Gasteiger partial charge in [0.25, 0.3) is 0 Å². The van der Waals surface area contributed by atoms with Gasteiger partial charge in [0, 0.05) is 7.05 Å². The van der Waals surface area contributed by atoms with E-state index in [1.807, 2.05) is 11.6 Å².